The van der Waals surface area contributed by atoms with Crippen molar-refractivity contribution in [1.82, 2.24) is 24.1 Å². The van der Waals surface area contributed by atoms with Crippen molar-refractivity contribution in [3.8, 4) is 56.7 Å². The Morgan fingerprint density at radius 2 is 0.825 bits per heavy atom. The lowest BCUT2D eigenvalue weighted by atomic mass is 10.0. The molecule has 0 aliphatic rings. The molecule has 0 unspecified atom stereocenters. The molecule has 0 atom stereocenters. The van der Waals surface area contributed by atoms with Gasteiger partial charge < -0.3 is 9.13 Å². The molecule has 11 rings (SSSR count). The third-order valence-electron chi connectivity index (χ3n) is 10.8. The standard InChI is InChI=1S/C51H32FN5/c52-37-19-13-18-35(30-37)36-26-28-43(51-54-49(33-14-3-1-4-15-33)53-50(55-51)34-16-5-2-6-17-34)47(31-36)57-46-25-12-9-22-41(46)42-29-27-38(32-48(42)57)56-44-23-10-7-20-39(44)40-21-8-11-24-45(40)56/h1-32H. The molecule has 0 aliphatic heterocycles. The van der Waals surface area contributed by atoms with Gasteiger partial charge in [0, 0.05) is 43.9 Å². The lowest BCUT2D eigenvalue weighted by molar-refractivity contribution is 0.628. The third-order valence-corrected chi connectivity index (χ3v) is 10.8. The first-order valence-electron chi connectivity index (χ1n) is 19.0. The number of benzene rings is 8. The number of hydrogen-bond donors (Lipinski definition) is 0. The molecular weight excluding hydrogens is 702 g/mol. The summed E-state index contributed by atoms with van der Waals surface area (Å²) in [5.74, 6) is 1.40. The number of hydrogen-bond acceptors (Lipinski definition) is 3. The van der Waals surface area contributed by atoms with E-state index in [4.69, 9.17) is 15.0 Å². The summed E-state index contributed by atoms with van der Waals surface area (Å²) in [6.45, 7) is 0. The minimum Gasteiger partial charge on any atom is -0.309 e. The van der Waals surface area contributed by atoms with Crippen LogP contribution < -0.4 is 0 Å². The molecule has 268 valence electrons. The quantitative estimate of drug-likeness (QED) is 0.171. The van der Waals surface area contributed by atoms with Gasteiger partial charge in [0.05, 0.1) is 27.8 Å². The summed E-state index contributed by atoms with van der Waals surface area (Å²) >= 11 is 0. The largest absolute Gasteiger partial charge is 0.309 e. The van der Waals surface area contributed by atoms with Crippen molar-refractivity contribution in [2.75, 3.05) is 0 Å². The first kappa shape index (κ1) is 32.7. The second kappa shape index (κ2) is 13.3. The summed E-state index contributed by atoms with van der Waals surface area (Å²) in [7, 11) is 0. The van der Waals surface area contributed by atoms with E-state index < -0.39 is 0 Å². The lowest BCUT2D eigenvalue weighted by Gasteiger charge is -2.17. The van der Waals surface area contributed by atoms with Gasteiger partial charge in [-0.2, -0.15) is 0 Å². The van der Waals surface area contributed by atoms with E-state index in [-0.39, 0.29) is 5.82 Å². The molecule has 0 spiro atoms. The maximum atomic E-state index is 14.8. The number of fused-ring (bicyclic) bond motifs is 6. The lowest BCUT2D eigenvalue weighted by Crippen LogP contribution is -2.04. The maximum Gasteiger partial charge on any atom is 0.166 e. The molecule has 57 heavy (non-hydrogen) atoms. The Morgan fingerprint density at radius 1 is 0.333 bits per heavy atom. The minimum atomic E-state index is -0.289. The molecule has 8 aromatic carbocycles. The maximum absolute atomic E-state index is 14.8. The smallest absolute Gasteiger partial charge is 0.166 e. The van der Waals surface area contributed by atoms with E-state index in [1.807, 2.05) is 72.8 Å². The van der Waals surface area contributed by atoms with E-state index >= 15 is 0 Å². The molecule has 0 saturated carbocycles. The van der Waals surface area contributed by atoms with Crippen LogP contribution in [0.5, 0.6) is 0 Å². The fourth-order valence-corrected chi connectivity index (χ4v) is 8.24. The van der Waals surface area contributed by atoms with E-state index in [2.05, 4.69) is 112 Å². The van der Waals surface area contributed by atoms with Crippen LogP contribution in [0.1, 0.15) is 0 Å². The van der Waals surface area contributed by atoms with Crippen molar-refractivity contribution in [3.05, 3.63) is 200 Å². The molecule has 5 nitrogen and oxygen atoms in total. The van der Waals surface area contributed by atoms with Gasteiger partial charge >= 0.3 is 0 Å². The van der Waals surface area contributed by atoms with Gasteiger partial charge in [-0.3, -0.25) is 0 Å². The Balaban J connectivity index is 1.23. The summed E-state index contributed by atoms with van der Waals surface area (Å²) in [6.07, 6.45) is 0. The van der Waals surface area contributed by atoms with Crippen molar-refractivity contribution in [2.24, 2.45) is 0 Å². The zero-order valence-electron chi connectivity index (χ0n) is 30.6. The van der Waals surface area contributed by atoms with E-state index in [1.54, 1.807) is 12.1 Å². The van der Waals surface area contributed by atoms with Crippen molar-refractivity contribution in [1.29, 1.82) is 0 Å². The molecule has 6 heteroatoms. The van der Waals surface area contributed by atoms with Crippen molar-refractivity contribution >= 4 is 43.6 Å². The van der Waals surface area contributed by atoms with Crippen molar-refractivity contribution in [3.63, 3.8) is 0 Å². The van der Waals surface area contributed by atoms with Gasteiger partial charge in [-0.1, -0.05) is 140 Å². The van der Waals surface area contributed by atoms with Gasteiger partial charge in [0.15, 0.2) is 17.5 Å². The van der Waals surface area contributed by atoms with E-state index in [9.17, 15) is 4.39 Å². The topological polar surface area (TPSA) is 48.5 Å². The van der Waals surface area contributed by atoms with Crippen LogP contribution in [0.15, 0.2) is 194 Å². The first-order valence-corrected chi connectivity index (χ1v) is 19.0. The zero-order chi connectivity index (χ0) is 37.9. The molecular formula is C51H32FN5. The van der Waals surface area contributed by atoms with E-state index in [0.717, 1.165) is 72.0 Å². The highest BCUT2D eigenvalue weighted by Crippen LogP contribution is 2.40. The van der Waals surface area contributed by atoms with Crippen LogP contribution in [-0.2, 0) is 0 Å². The Kier molecular flexibility index (Phi) is 7.60. The molecule has 0 radical (unpaired) electrons. The highest BCUT2D eigenvalue weighted by Gasteiger charge is 2.21. The zero-order valence-corrected chi connectivity index (χ0v) is 30.6. The molecule has 0 N–H and O–H groups in total. The van der Waals surface area contributed by atoms with Gasteiger partial charge in [0.1, 0.15) is 5.82 Å². The van der Waals surface area contributed by atoms with Gasteiger partial charge in [-0.25, -0.2) is 19.3 Å². The number of rotatable bonds is 6. The summed E-state index contributed by atoms with van der Waals surface area (Å²) in [6, 6.07) is 65.4. The minimum absolute atomic E-state index is 0.289. The Labute approximate surface area is 327 Å². The van der Waals surface area contributed by atoms with Gasteiger partial charge in [0.25, 0.3) is 0 Å². The summed E-state index contributed by atoms with van der Waals surface area (Å²) in [4.78, 5) is 15.3. The summed E-state index contributed by atoms with van der Waals surface area (Å²) in [5.41, 5.74) is 10.5. The van der Waals surface area contributed by atoms with Crippen LogP contribution in [0.2, 0.25) is 0 Å². The van der Waals surface area contributed by atoms with E-state index in [1.165, 1.54) is 16.8 Å². The third kappa shape index (κ3) is 5.49. The summed E-state index contributed by atoms with van der Waals surface area (Å²) < 4.78 is 19.4. The van der Waals surface area contributed by atoms with Crippen LogP contribution in [0, 0.1) is 5.82 Å². The van der Waals surface area contributed by atoms with Gasteiger partial charge in [0.2, 0.25) is 0 Å². The fourth-order valence-electron chi connectivity index (χ4n) is 8.24. The van der Waals surface area contributed by atoms with E-state index in [0.29, 0.717) is 17.5 Å². The first-order chi connectivity index (χ1) is 28.2. The summed E-state index contributed by atoms with van der Waals surface area (Å²) in [5, 5.41) is 4.64. The predicted octanol–water partition coefficient (Wildman–Crippen LogP) is 12.9. The van der Waals surface area contributed by atoms with Crippen molar-refractivity contribution in [2.45, 2.75) is 0 Å². The second-order valence-corrected chi connectivity index (χ2v) is 14.2. The van der Waals surface area contributed by atoms with Gasteiger partial charge in [-0.15, -0.1) is 0 Å². The highest BCUT2D eigenvalue weighted by molar-refractivity contribution is 6.12. The monoisotopic (exact) mass is 733 g/mol. The molecule has 0 aliphatic carbocycles. The second-order valence-electron chi connectivity index (χ2n) is 14.2. The molecule has 3 heterocycles. The number of nitrogens with zero attached hydrogens (tertiary/aromatic N) is 5. The normalized spacial score (nSPS) is 11.6. The van der Waals surface area contributed by atoms with Crippen LogP contribution >= 0.6 is 0 Å². The number of halogens is 1. The van der Waals surface area contributed by atoms with Crippen molar-refractivity contribution < 1.29 is 4.39 Å². The molecule has 3 aromatic heterocycles. The van der Waals surface area contributed by atoms with Crippen LogP contribution in [0.3, 0.4) is 0 Å². The predicted molar refractivity (Wildman–Crippen MR) is 230 cm³/mol. The number of aromatic nitrogens is 5. The molecule has 0 bridgehead atoms. The Hall–Kier alpha value is -7.70. The number of para-hydroxylation sites is 3. The molecule has 0 saturated heterocycles. The highest BCUT2D eigenvalue weighted by atomic mass is 19.1. The molecule has 0 fully saturated rings. The SMILES string of the molecule is Fc1cccc(-c2ccc(-c3nc(-c4ccccc4)nc(-c4ccccc4)n3)c(-n3c4ccccc4c4ccc(-n5c6ccccc6c6ccccc65)cc43)c2)c1. The Morgan fingerprint density at radius 3 is 1.42 bits per heavy atom. The van der Waals surface area contributed by atoms with Crippen LogP contribution in [-0.4, -0.2) is 24.1 Å². The van der Waals surface area contributed by atoms with Crippen LogP contribution in [0.4, 0.5) is 4.39 Å². The molecule has 11 aromatic rings. The average Bonchev–Trinajstić information content (AvgIpc) is 3.79. The van der Waals surface area contributed by atoms with Crippen LogP contribution in [0.25, 0.3) is 100 Å². The molecule has 0 amide bonds. The Bertz CT molecular complexity index is 3200. The van der Waals surface area contributed by atoms with Gasteiger partial charge in [-0.05, 0) is 65.7 Å². The fraction of sp³-hybridized carbons (Fsp3) is 0. The average molecular weight is 734 g/mol.